The van der Waals surface area contributed by atoms with Crippen LogP contribution in [0.1, 0.15) is 11.4 Å². The van der Waals surface area contributed by atoms with Crippen molar-refractivity contribution in [3.63, 3.8) is 0 Å². The number of nitrogens with zero attached hydrogens (tertiary/aromatic N) is 2. The van der Waals surface area contributed by atoms with Crippen LogP contribution in [0.15, 0.2) is 42.6 Å². The second kappa shape index (κ2) is 6.71. The van der Waals surface area contributed by atoms with Gasteiger partial charge >= 0.3 is 0 Å². The fraction of sp³-hybridized carbons (Fsp3) is 0.286. The molecule has 2 rings (SSSR count). The van der Waals surface area contributed by atoms with Crippen molar-refractivity contribution in [3.8, 4) is 5.88 Å². The number of benzene rings is 1. The summed E-state index contributed by atoms with van der Waals surface area (Å²) < 4.78 is 10.6. The predicted octanol–water partition coefficient (Wildman–Crippen LogP) is 2.24. The average Bonchev–Trinajstić information content (AvgIpc) is 2.45. The molecular formula is C14H16N2O2. The Kier molecular flexibility index (Phi) is 4.67. The molecule has 1 aromatic carbocycles. The van der Waals surface area contributed by atoms with Crippen LogP contribution in [0, 0.1) is 0 Å². The fourth-order valence-corrected chi connectivity index (χ4v) is 1.54. The molecule has 4 nitrogen and oxygen atoms in total. The molecule has 94 valence electrons. The topological polar surface area (TPSA) is 44.2 Å². The lowest BCUT2D eigenvalue weighted by Gasteiger charge is -2.04. The summed E-state index contributed by atoms with van der Waals surface area (Å²) in [6.45, 7) is 1.22. The van der Waals surface area contributed by atoms with Crippen molar-refractivity contribution in [2.24, 2.45) is 0 Å². The molecule has 0 spiro atoms. The van der Waals surface area contributed by atoms with Crippen LogP contribution in [-0.2, 0) is 17.8 Å². The molecule has 0 radical (unpaired) electrons. The van der Waals surface area contributed by atoms with Crippen molar-refractivity contribution in [2.45, 2.75) is 13.0 Å². The molecule has 0 unspecified atom stereocenters. The fourth-order valence-electron chi connectivity index (χ4n) is 1.54. The van der Waals surface area contributed by atoms with E-state index in [-0.39, 0.29) is 0 Å². The summed E-state index contributed by atoms with van der Waals surface area (Å²) >= 11 is 0. The average molecular weight is 244 g/mol. The quantitative estimate of drug-likeness (QED) is 0.731. The first kappa shape index (κ1) is 12.5. The number of aromatic nitrogens is 2. The zero-order valence-corrected chi connectivity index (χ0v) is 10.4. The van der Waals surface area contributed by atoms with Crippen LogP contribution in [0.5, 0.6) is 5.88 Å². The Bertz CT molecular complexity index is 474. The number of hydrogen-bond acceptors (Lipinski definition) is 4. The first-order valence-electron chi connectivity index (χ1n) is 5.86. The van der Waals surface area contributed by atoms with Crippen molar-refractivity contribution in [3.05, 3.63) is 54.0 Å². The Hall–Kier alpha value is -1.94. The van der Waals surface area contributed by atoms with Gasteiger partial charge < -0.3 is 9.47 Å². The van der Waals surface area contributed by atoms with E-state index in [9.17, 15) is 0 Å². The second-order valence-electron chi connectivity index (χ2n) is 3.80. The van der Waals surface area contributed by atoms with E-state index in [1.807, 2.05) is 30.3 Å². The molecule has 0 aliphatic heterocycles. The first-order valence-corrected chi connectivity index (χ1v) is 5.86. The van der Waals surface area contributed by atoms with E-state index in [0.717, 1.165) is 5.82 Å². The summed E-state index contributed by atoms with van der Waals surface area (Å²) in [5, 5.41) is 0. The van der Waals surface area contributed by atoms with Crippen molar-refractivity contribution in [1.29, 1.82) is 0 Å². The lowest BCUT2D eigenvalue weighted by molar-refractivity contribution is 0.122. The zero-order chi connectivity index (χ0) is 12.6. The van der Waals surface area contributed by atoms with Gasteiger partial charge in [-0.2, -0.15) is 4.98 Å². The number of ether oxygens (including phenoxy) is 2. The molecule has 0 aliphatic rings. The SMILES string of the molecule is COc1ccnc(CCOCc2ccccc2)n1. The molecule has 0 atom stereocenters. The lowest BCUT2D eigenvalue weighted by atomic mass is 10.2. The van der Waals surface area contributed by atoms with Crippen LogP contribution < -0.4 is 4.74 Å². The molecular weight excluding hydrogens is 228 g/mol. The third-order valence-corrected chi connectivity index (χ3v) is 2.47. The molecule has 18 heavy (non-hydrogen) atoms. The highest BCUT2D eigenvalue weighted by atomic mass is 16.5. The predicted molar refractivity (Wildman–Crippen MR) is 68.4 cm³/mol. The highest BCUT2D eigenvalue weighted by Crippen LogP contribution is 2.05. The Morgan fingerprint density at radius 3 is 2.72 bits per heavy atom. The number of rotatable bonds is 6. The normalized spacial score (nSPS) is 10.3. The minimum absolute atomic E-state index is 0.586. The monoisotopic (exact) mass is 244 g/mol. The summed E-state index contributed by atoms with van der Waals surface area (Å²) in [6.07, 6.45) is 2.38. The van der Waals surface area contributed by atoms with Gasteiger partial charge in [-0.25, -0.2) is 4.98 Å². The minimum atomic E-state index is 0.586. The molecule has 0 saturated carbocycles. The maximum Gasteiger partial charge on any atom is 0.216 e. The van der Waals surface area contributed by atoms with Gasteiger partial charge in [0.25, 0.3) is 0 Å². The largest absolute Gasteiger partial charge is 0.481 e. The smallest absolute Gasteiger partial charge is 0.216 e. The Morgan fingerprint density at radius 2 is 1.94 bits per heavy atom. The van der Waals surface area contributed by atoms with Gasteiger partial charge in [-0.05, 0) is 5.56 Å². The maximum atomic E-state index is 5.58. The molecule has 0 fully saturated rings. The highest BCUT2D eigenvalue weighted by Gasteiger charge is 1.99. The minimum Gasteiger partial charge on any atom is -0.481 e. The number of methoxy groups -OCH3 is 1. The van der Waals surface area contributed by atoms with Gasteiger partial charge in [0, 0.05) is 18.7 Å². The van der Waals surface area contributed by atoms with Gasteiger partial charge in [-0.15, -0.1) is 0 Å². The van der Waals surface area contributed by atoms with Gasteiger partial charge in [0.05, 0.1) is 20.3 Å². The van der Waals surface area contributed by atoms with Crippen LogP contribution >= 0.6 is 0 Å². The summed E-state index contributed by atoms with van der Waals surface area (Å²) in [7, 11) is 1.60. The molecule has 0 bridgehead atoms. The van der Waals surface area contributed by atoms with Crippen LogP contribution in [-0.4, -0.2) is 23.7 Å². The Morgan fingerprint density at radius 1 is 1.11 bits per heavy atom. The molecule has 0 saturated heterocycles. The van der Waals surface area contributed by atoms with Gasteiger partial charge in [0.15, 0.2) is 0 Å². The van der Waals surface area contributed by atoms with Crippen LogP contribution in [0.2, 0.25) is 0 Å². The third-order valence-electron chi connectivity index (χ3n) is 2.47. The van der Waals surface area contributed by atoms with Crippen molar-refractivity contribution in [1.82, 2.24) is 9.97 Å². The highest BCUT2D eigenvalue weighted by molar-refractivity contribution is 5.13. The van der Waals surface area contributed by atoms with E-state index in [0.29, 0.717) is 25.5 Å². The van der Waals surface area contributed by atoms with E-state index in [1.54, 1.807) is 19.4 Å². The molecule has 2 aromatic rings. The molecule has 1 aromatic heterocycles. The van der Waals surface area contributed by atoms with Crippen molar-refractivity contribution < 1.29 is 9.47 Å². The number of hydrogen-bond donors (Lipinski definition) is 0. The van der Waals surface area contributed by atoms with Crippen LogP contribution in [0.4, 0.5) is 0 Å². The Balaban J connectivity index is 1.75. The zero-order valence-electron chi connectivity index (χ0n) is 10.4. The first-order chi connectivity index (χ1) is 8.88. The second-order valence-corrected chi connectivity index (χ2v) is 3.80. The summed E-state index contributed by atoms with van der Waals surface area (Å²) in [4.78, 5) is 8.38. The maximum absolute atomic E-state index is 5.58. The third kappa shape index (κ3) is 3.82. The Labute approximate surface area is 107 Å². The molecule has 0 aliphatic carbocycles. The van der Waals surface area contributed by atoms with Crippen LogP contribution in [0.3, 0.4) is 0 Å². The molecule has 0 amide bonds. The van der Waals surface area contributed by atoms with Crippen molar-refractivity contribution in [2.75, 3.05) is 13.7 Å². The summed E-state index contributed by atoms with van der Waals surface area (Å²) in [5.41, 5.74) is 1.17. The van der Waals surface area contributed by atoms with Crippen molar-refractivity contribution >= 4 is 0 Å². The molecule has 4 heteroatoms. The standard InChI is InChI=1S/C14H16N2O2/c1-17-14-7-9-15-13(16-14)8-10-18-11-12-5-3-2-4-6-12/h2-7,9H,8,10-11H2,1H3. The van der Waals surface area contributed by atoms with E-state index in [4.69, 9.17) is 9.47 Å². The van der Waals surface area contributed by atoms with Gasteiger partial charge in [-0.3, -0.25) is 0 Å². The van der Waals surface area contributed by atoms with Gasteiger partial charge in [0.2, 0.25) is 5.88 Å². The lowest BCUT2D eigenvalue weighted by Crippen LogP contribution is -2.03. The van der Waals surface area contributed by atoms with E-state index < -0.39 is 0 Å². The van der Waals surface area contributed by atoms with Gasteiger partial charge in [0.1, 0.15) is 5.82 Å². The van der Waals surface area contributed by atoms with E-state index >= 15 is 0 Å². The summed E-state index contributed by atoms with van der Waals surface area (Å²) in [6, 6.07) is 11.8. The van der Waals surface area contributed by atoms with E-state index in [1.165, 1.54) is 5.56 Å². The van der Waals surface area contributed by atoms with Crippen LogP contribution in [0.25, 0.3) is 0 Å². The van der Waals surface area contributed by atoms with E-state index in [2.05, 4.69) is 9.97 Å². The molecule has 0 N–H and O–H groups in total. The summed E-state index contributed by atoms with van der Waals surface area (Å²) in [5.74, 6) is 1.32. The van der Waals surface area contributed by atoms with Gasteiger partial charge in [-0.1, -0.05) is 30.3 Å². The molecule has 1 heterocycles.